The van der Waals surface area contributed by atoms with Gasteiger partial charge >= 0.3 is 5.95 Å². The van der Waals surface area contributed by atoms with Gasteiger partial charge < -0.3 is 17.0 Å². The minimum Gasteiger partial charge on any atom is -1.00 e. The molecule has 0 fully saturated rings. The summed E-state index contributed by atoms with van der Waals surface area (Å²) >= 11 is 0. The number of nitrogens with zero attached hydrogens (tertiary/aromatic N) is 2. The SMILES string of the molecule is O=C(Cn1c2[n+](c3ccccc31)CCCN2)c1cccc2ccccc12.[Br-]. The van der Waals surface area contributed by atoms with Gasteiger partial charge in [-0.05, 0) is 22.9 Å². The van der Waals surface area contributed by atoms with Crippen molar-refractivity contribution in [2.75, 3.05) is 11.9 Å². The van der Waals surface area contributed by atoms with Crippen LogP contribution in [0.1, 0.15) is 16.8 Å². The zero-order valence-corrected chi connectivity index (χ0v) is 16.4. The topological polar surface area (TPSA) is 37.9 Å². The molecule has 0 atom stereocenters. The molecule has 0 saturated carbocycles. The van der Waals surface area contributed by atoms with Gasteiger partial charge in [0, 0.05) is 12.0 Å². The molecule has 1 aromatic heterocycles. The van der Waals surface area contributed by atoms with Crippen molar-refractivity contribution in [3.05, 3.63) is 72.3 Å². The van der Waals surface area contributed by atoms with Crippen molar-refractivity contribution in [3.63, 3.8) is 0 Å². The number of fused-ring (bicyclic) bond motifs is 4. The first-order valence-electron chi connectivity index (χ1n) is 9.09. The van der Waals surface area contributed by atoms with Crippen molar-refractivity contribution < 1.29 is 26.3 Å². The molecule has 0 saturated heterocycles. The largest absolute Gasteiger partial charge is 1.00 e. The Balaban J connectivity index is 0.00000180. The number of benzene rings is 3. The van der Waals surface area contributed by atoms with E-state index in [0.29, 0.717) is 6.54 Å². The number of ketones is 1. The molecule has 27 heavy (non-hydrogen) atoms. The monoisotopic (exact) mass is 421 g/mol. The second-order valence-electron chi connectivity index (χ2n) is 6.78. The third kappa shape index (κ3) is 2.92. The van der Waals surface area contributed by atoms with Crippen LogP contribution >= 0.6 is 0 Å². The van der Waals surface area contributed by atoms with E-state index in [2.05, 4.69) is 44.8 Å². The number of aromatic nitrogens is 2. The summed E-state index contributed by atoms with van der Waals surface area (Å²) in [5.74, 6) is 1.17. The van der Waals surface area contributed by atoms with E-state index in [1.807, 2.05) is 36.4 Å². The lowest BCUT2D eigenvalue weighted by Crippen LogP contribution is -3.00. The molecule has 4 nitrogen and oxygen atoms in total. The van der Waals surface area contributed by atoms with Gasteiger partial charge in [-0.2, -0.15) is 0 Å². The lowest BCUT2D eigenvalue weighted by molar-refractivity contribution is -0.661. The zero-order valence-electron chi connectivity index (χ0n) is 14.9. The van der Waals surface area contributed by atoms with Crippen LogP contribution in [0.2, 0.25) is 0 Å². The van der Waals surface area contributed by atoms with E-state index < -0.39 is 0 Å². The van der Waals surface area contributed by atoms with E-state index in [1.165, 1.54) is 5.52 Å². The minimum absolute atomic E-state index is 0. The first-order chi connectivity index (χ1) is 12.8. The van der Waals surface area contributed by atoms with Gasteiger partial charge in [0.05, 0.1) is 13.1 Å². The Morgan fingerprint density at radius 2 is 1.78 bits per heavy atom. The van der Waals surface area contributed by atoms with E-state index in [9.17, 15) is 4.79 Å². The third-order valence-electron chi connectivity index (χ3n) is 5.21. The Bertz CT molecular complexity index is 1140. The predicted octanol–water partition coefficient (Wildman–Crippen LogP) is 0.784. The molecule has 136 valence electrons. The smallest absolute Gasteiger partial charge is 0.358 e. The van der Waals surface area contributed by atoms with Gasteiger partial charge in [-0.15, -0.1) is 0 Å². The number of Topliss-reactive ketones (excluding diaryl/α,β-unsaturated/α-hetero) is 1. The predicted molar refractivity (Wildman–Crippen MR) is 104 cm³/mol. The van der Waals surface area contributed by atoms with E-state index in [4.69, 9.17) is 0 Å². The van der Waals surface area contributed by atoms with Crippen LogP contribution in [0, 0.1) is 0 Å². The lowest BCUT2D eigenvalue weighted by Gasteiger charge is -2.12. The summed E-state index contributed by atoms with van der Waals surface area (Å²) in [6.45, 7) is 2.26. The summed E-state index contributed by atoms with van der Waals surface area (Å²) in [5.41, 5.74) is 3.07. The molecule has 0 aliphatic carbocycles. The van der Waals surface area contributed by atoms with Crippen molar-refractivity contribution in [1.82, 2.24) is 4.57 Å². The molecule has 0 radical (unpaired) electrons. The number of hydrogen-bond acceptors (Lipinski definition) is 2. The standard InChI is InChI=1S/C22H19N3O.BrH/c26-21(18-10-5-8-16-7-1-2-9-17(16)18)15-25-20-12-4-3-11-19(20)24-14-6-13-23-22(24)25;/h1-5,7-12H,6,13-15H2;1H. The van der Waals surface area contributed by atoms with Crippen molar-refractivity contribution in [2.45, 2.75) is 19.5 Å². The molecule has 4 aromatic rings. The van der Waals surface area contributed by atoms with Gasteiger partial charge in [0.25, 0.3) is 0 Å². The van der Waals surface area contributed by atoms with Crippen LogP contribution in [0.25, 0.3) is 21.8 Å². The molecular formula is C22H20BrN3O. The molecule has 1 aliphatic heterocycles. The number of halogens is 1. The van der Waals surface area contributed by atoms with Crippen molar-refractivity contribution in [1.29, 1.82) is 0 Å². The van der Waals surface area contributed by atoms with E-state index in [0.717, 1.165) is 47.3 Å². The van der Waals surface area contributed by atoms with Crippen molar-refractivity contribution >= 4 is 33.5 Å². The van der Waals surface area contributed by atoms with Crippen LogP contribution in [-0.2, 0) is 13.1 Å². The number of nitrogens with one attached hydrogen (secondary N) is 1. The van der Waals surface area contributed by atoms with Gasteiger partial charge in [-0.3, -0.25) is 10.1 Å². The summed E-state index contributed by atoms with van der Waals surface area (Å²) in [4.78, 5) is 13.2. The molecular weight excluding hydrogens is 402 g/mol. The second kappa shape index (κ2) is 7.16. The molecule has 0 unspecified atom stereocenters. The summed E-state index contributed by atoms with van der Waals surface area (Å²) in [5, 5.41) is 5.61. The Hall–Kier alpha value is -2.66. The van der Waals surface area contributed by atoms with Gasteiger partial charge in [-0.1, -0.05) is 54.6 Å². The molecule has 5 rings (SSSR count). The average molecular weight is 422 g/mol. The molecule has 2 heterocycles. The number of hydrogen-bond donors (Lipinski definition) is 1. The molecule has 1 aliphatic rings. The maximum atomic E-state index is 13.2. The molecule has 0 spiro atoms. The highest BCUT2D eigenvalue weighted by Gasteiger charge is 2.27. The fraction of sp³-hybridized carbons (Fsp3) is 0.182. The van der Waals surface area contributed by atoms with Gasteiger partial charge in [0.15, 0.2) is 5.78 Å². The fourth-order valence-electron chi connectivity index (χ4n) is 4.01. The van der Waals surface area contributed by atoms with Crippen LogP contribution in [-0.4, -0.2) is 16.9 Å². The molecule has 0 amide bonds. The number of aryl methyl sites for hydroxylation is 1. The van der Waals surface area contributed by atoms with Crippen LogP contribution in [0.4, 0.5) is 5.95 Å². The highest BCUT2D eigenvalue weighted by Crippen LogP contribution is 2.23. The summed E-state index contributed by atoms with van der Waals surface area (Å²) in [6, 6.07) is 22.3. The highest BCUT2D eigenvalue weighted by atomic mass is 79.9. The second-order valence-corrected chi connectivity index (χ2v) is 6.78. The van der Waals surface area contributed by atoms with E-state index in [-0.39, 0.29) is 22.8 Å². The minimum atomic E-state index is 0. The lowest BCUT2D eigenvalue weighted by atomic mass is 10.0. The van der Waals surface area contributed by atoms with E-state index >= 15 is 0 Å². The van der Waals surface area contributed by atoms with Gasteiger partial charge in [0.1, 0.15) is 17.6 Å². The van der Waals surface area contributed by atoms with Crippen molar-refractivity contribution in [2.24, 2.45) is 0 Å². The summed E-state index contributed by atoms with van der Waals surface area (Å²) < 4.78 is 4.41. The number of rotatable bonds is 3. The Kier molecular flexibility index (Phi) is 4.70. The number of carbonyl (C=O) groups is 1. The van der Waals surface area contributed by atoms with Gasteiger partial charge in [-0.25, -0.2) is 9.13 Å². The first kappa shape index (κ1) is 17.7. The molecule has 5 heteroatoms. The highest BCUT2D eigenvalue weighted by molar-refractivity contribution is 6.08. The molecule has 0 bridgehead atoms. The zero-order chi connectivity index (χ0) is 17.5. The van der Waals surface area contributed by atoms with E-state index in [1.54, 1.807) is 0 Å². The van der Waals surface area contributed by atoms with Crippen LogP contribution < -0.4 is 26.9 Å². The number of carbonyl (C=O) groups excluding carboxylic acids is 1. The summed E-state index contributed by atoms with van der Waals surface area (Å²) in [7, 11) is 0. The van der Waals surface area contributed by atoms with Crippen LogP contribution in [0.5, 0.6) is 0 Å². The number of para-hydroxylation sites is 2. The molecule has 3 aromatic carbocycles. The maximum Gasteiger partial charge on any atom is 0.358 e. The summed E-state index contributed by atoms with van der Waals surface area (Å²) in [6.07, 6.45) is 1.10. The molecule has 1 N–H and O–H groups in total. The maximum absolute atomic E-state index is 13.2. The van der Waals surface area contributed by atoms with Crippen LogP contribution in [0.15, 0.2) is 66.7 Å². The number of imidazole rings is 1. The normalized spacial score (nSPS) is 13.0. The number of anilines is 1. The van der Waals surface area contributed by atoms with Gasteiger partial charge in [0.2, 0.25) is 0 Å². The Labute approximate surface area is 168 Å². The quantitative estimate of drug-likeness (QED) is 0.392. The van der Waals surface area contributed by atoms with Crippen LogP contribution in [0.3, 0.4) is 0 Å². The average Bonchev–Trinajstić information content (AvgIpc) is 3.02. The third-order valence-corrected chi connectivity index (χ3v) is 5.21. The Morgan fingerprint density at radius 1 is 1.00 bits per heavy atom. The Morgan fingerprint density at radius 3 is 2.70 bits per heavy atom. The van der Waals surface area contributed by atoms with Crippen molar-refractivity contribution in [3.8, 4) is 0 Å². The first-order valence-corrected chi connectivity index (χ1v) is 9.09. The fourth-order valence-corrected chi connectivity index (χ4v) is 4.01.